The zero-order valence-corrected chi connectivity index (χ0v) is 18.6. The molecule has 11 heteroatoms. The minimum Gasteiger partial charge on any atom is -0.479 e. The molecule has 0 unspecified atom stereocenters. The molecule has 0 amide bonds. The number of nitrogens with one attached hydrogen (secondary N) is 1. The number of likely N-dealkylation sites (tertiary alicyclic amines) is 1. The van der Waals surface area contributed by atoms with Crippen LogP contribution in [0.3, 0.4) is 0 Å². The summed E-state index contributed by atoms with van der Waals surface area (Å²) in [7, 11) is 3.47. The number of halogens is 2. The van der Waals surface area contributed by atoms with Gasteiger partial charge >= 0.3 is 0 Å². The average molecular weight is 457 g/mol. The van der Waals surface area contributed by atoms with Gasteiger partial charge in [0.2, 0.25) is 11.8 Å². The first-order valence-electron chi connectivity index (χ1n) is 11.0. The van der Waals surface area contributed by atoms with E-state index in [4.69, 9.17) is 4.74 Å². The maximum Gasteiger partial charge on any atom is 0.244 e. The van der Waals surface area contributed by atoms with Crippen molar-refractivity contribution in [1.82, 2.24) is 34.5 Å². The fourth-order valence-electron chi connectivity index (χ4n) is 4.32. The Bertz CT molecular complexity index is 1270. The number of aryl methyl sites for hydroxylation is 1. The number of benzene rings is 1. The maximum absolute atomic E-state index is 14.5. The molecule has 0 saturated carbocycles. The normalized spacial score (nSPS) is 19.4. The zero-order valence-electron chi connectivity index (χ0n) is 18.6. The smallest absolute Gasteiger partial charge is 0.244 e. The van der Waals surface area contributed by atoms with E-state index in [0.29, 0.717) is 43.3 Å². The first-order chi connectivity index (χ1) is 16.1. The number of hydrogen-bond acceptors (Lipinski definition) is 7. The SMILES string of the molecule is COc1nc(N[C@@H]2CCN(C)C[C@@H]2F)nn2ccc(-c3ccc4nnn(CCCF)c4c3)c12. The molecule has 1 aliphatic heterocycles. The summed E-state index contributed by atoms with van der Waals surface area (Å²) in [6.45, 7) is 1.24. The molecule has 174 valence electrons. The van der Waals surface area contributed by atoms with Crippen LogP contribution in [0.15, 0.2) is 30.5 Å². The van der Waals surface area contributed by atoms with Crippen molar-refractivity contribution in [3.05, 3.63) is 30.5 Å². The molecule has 0 spiro atoms. The summed E-state index contributed by atoms with van der Waals surface area (Å²) in [5.41, 5.74) is 4.06. The number of nitrogens with zero attached hydrogens (tertiary/aromatic N) is 7. The lowest BCUT2D eigenvalue weighted by Gasteiger charge is -2.32. The van der Waals surface area contributed by atoms with Crippen LogP contribution < -0.4 is 10.1 Å². The molecule has 5 rings (SSSR count). The van der Waals surface area contributed by atoms with Gasteiger partial charge in [0.15, 0.2) is 0 Å². The lowest BCUT2D eigenvalue weighted by Crippen LogP contribution is -2.46. The van der Waals surface area contributed by atoms with Crippen LogP contribution in [0.1, 0.15) is 12.8 Å². The molecule has 3 aromatic heterocycles. The van der Waals surface area contributed by atoms with Crippen molar-refractivity contribution in [3.8, 4) is 17.0 Å². The van der Waals surface area contributed by atoms with Gasteiger partial charge in [-0.15, -0.1) is 10.2 Å². The number of anilines is 1. The highest BCUT2D eigenvalue weighted by Gasteiger charge is 2.28. The van der Waals surface area contributed by atoms with Crippen LogP contribution in [0.25, 0.3) is 27.7 Å². The fourth-order valence-corrected chi connectivity index (χ4v) is 4.32. The van der Waals surface area contributed by atoms with E-state index in [-0.39, 0.29) is 6.04 Å². The molecule has 9 nitrogen and oxygen atoms in total. The summed E-state index contributed by atoms with van der Waals surface area (Å²) in [5, 5.41) is 16.0. The molecule has 0 bridgehead atoms. The molecule has 2 atom stereocenters. The van der Waals surface area contributed by atoms with Crippen molar-refractivity contribution in [1.29, 1.82) is 0 Å². The summed E-state index contributed by atoms with van der Waals surface area (Å²) in [6, 6.07) is 7.39. The van der Waals surface area contributed by atoms with Crippen molar-refractivity contribution >= 4 is 22.5 Å². The van der Waals surface area contributed by atoms with Crippen molar-refractivity contribution in [3.63, 3.8) is 0 Å². The Balaban J connectivity index is 1.50. The van der Waals surface area contributed by atoms with Crippen LogP contribution in [-0.2, 0) is 6.54 Å². The molecule has 1 fully saturated rings. The molecule has 4 heterocycles. The molecule has 4 aromatic rings. The van der Waals surface area contributed by atoms with E-state index in [1.807, 2.05) is 42.4 Å². The third kappa shape index (κ3) is 4.08. The molecule has 0 radical (unpaired) electrons. The second-order valence-corrected chi connectivity index (χ2v) is 8.34. The Morgan fingerprint density at radius 3 is 2.94 bits per heavy atom. The Morgan fingerprint density at radius 1 is 1.27 bits per heavy atom. The summed E-state index contributed by atoms with van der Waals surface area (Å²) >= 11 is 0. The number of fused-ring (bicyclic) bond motifs is 2. The third-order valence-corrected chi connectivity index (χ3v) is 6.06. The van der Waals surface area contributed by atoms with Gasteiger partial charge < -0.3 is 15.0 Å². The summed E-state index contributed by atoms with van der Waals surface area (Å²) < 4.78 is 36.1. The summed E-state index contributed by atoms with van der Waals surface area (Å²) in [6.07, 6.45) is 1.87. The van der Waals surface area contributed by atoms with E-state index in [1.165, 1.54) is 0 Å². The minimum absolute atomic E-state index is 0.322. The second kappa shape index (κ2) is 8.89. The number of methoxy groups -OCH3 is 1. The van der Waals surface area contributed by atoms with Gasteiger partial charge in [-0.05, 0) is 43.7 Å². The highest BCUT2D eigenvalue weighted by Crippen LogP contribution is 2.33. The molecule has 1 N–H and O–H groups in total. The second-order valence-electron chi connectivity index (χ2n) is 8.34. The predicted molar refractivity (Wildman–Crippen MR) is 121 cm³/mol. The Hall–Kier alpha value is -3.34. The summed E-state index contributed by atoms with van der Waals surface area (Å²) in [5.74, 6) is 0.711. The minimum atomic E-state index is -1.00. The summed E-state index contributed by atoms with van der Waals surface area (Å²) in [4.78, 5) is 6.49. The molecule has 1 aliphatic rings. The van der Waals surface area contributed by atoms with E-state index in [2.05, 4.69) is 25.7 Å². The monoisotopic (exact) mass is 456 g/mol. The molecule has 0 aliphatic carbocycles. The van der Waals surface area contributed by atoms with Gasteiger partial charge in [-0.1, -0.05) is 11.3 Å². The fraction of sp³-hybridized carbons (Fsp3) is 0.455. The molecular weight excluding hydrogens is 430 g/mol. The number of alkyl halides is 2. The van der Waals surface area contributed by atoms with Gasteiger partial charge in [-0.25, -0.2) is 13.6 Å². The lowest BCUT2D eigenvalue weighted by atomic mass is 10.0. The van der Waals surface area contributed by atoms with Crippen molar-refractivity contribution in [2.75, 3.05) is 39.2 Å². The largest absolute Gasteiger partial charge is 0.479 e. The molecule has 33 heavy (non-hydrogen) atoms. The Labute approximate surface area is 189 Å². The zero-order chi connectivity index (χ0) is 22.9. The van der Waals surface area contributed by atoms with E-state index in [1.54, 1.807) is 16.3 Å². The molecule has 1 saturated heterocycles. The van der Waals surface area contributed by atoms with Crippen LogP contribution in [0.2, 0.25) is 0 Å². The van der Waals surface area contributed by atoms with E-state index in [0.717, 1.165) is 28.7 Å². The van der Waals surface area contributed by atoms with Crippen LogP contribution in [0.5, 0.6) is 5.88 Å². The van der Waals surface area contributed by atoms with Crippen molar-refractivity contribution < 1.29 is 13.5 Å². The van der Waals surface area contributed by atoms with E-state index in [9.17, 15) is 8.78 Å². The van der Waals surface area contributed by atoms with Gasteiger partial charge in [0.25, 0.3) is 0 Å². The van der Waals surface area contributed by atoms with E-state index < -0.39 is 12.8 Å². The standard InChI is InChI=1S/C22H26F2N8O/c1-30-10-7-17(16(24)13-30)25-22-26-21(33-2)20-15(6-11-32(20)28-22)14-4-5-18-19(12-14)31(29-27-18)9-3-8-23/h4-6,11-12,16-17H,3,7-10,13H2,1-2H3,(H,25,28)/t16-,17+/m0/s1. The number of piperidine rings is 1. The number of ether oxygens (including phenoxy) is 1. The van der Waals surface area contributed by atoms with Gasteiger partial charge in [0.1, 0.15) is 17.2 Å². The van der Waals surface area contributed by atoms with Gasteiger partial charge in [-0.3, -0.25) is 4.39 Å². The van der Waals surface area contributed by atoms with Crippen LogP contribution in [0.4, 0.5) is 14.7 Å². The quantitative estimate of drug-likeness (QED) is 0.458. The maximum atomic E-state index is 14.5. The first-order valence-corrected chi connectivity index (χ1v) is 11.0. The number of aromatic nitrogens is 6. The van der Waals surface area contributed by atoms with Crippen LogP contribution in [0, 0.1) is 0 Å². The Kier molecular flexibility index (Phi) is 5.79. The Morgan fingerprint density at radius 2 is 2.15 bits per heavy atom. The highest BCUT2D eigenvalue weighted by atomic mass is 19.1. The molecular formula is C22H26F2N8O. The molecule has 1 aromatic carbocycles. The van der Waals surface area contributed by atoms with Crippen LogP contribution in [-0.4, -0.2) is 80.6 Å². The topological polar surface area (TPSA) is 85.4 Å². The lowest BCUT2D eigenvalue weighted by molar-refractivity contribution is 0.149. The van der Waals surface area contributed by atoms with Crippen molar-refractivity contribution in [2.45, 2.75) is 31.6 Å². The number of hydrogen-bond donors (Lipinski definition) is 1. The van der Waals surface area contributed by atoms with Crippen LogP contribution >= 0.6 is 0 Å². The third-order valence-electron chi connectivity index (χ3n) is 6.06. The average Bonchev–Trinajstić information content (AvgIpc) is 3.42. The predicted octanol–water partition coefficient (Wildman–Crippen LogP) is 2.96. The van der Waals surface area contributed by atoms with E-state index >= 15 is 0 Å². The van der Waals surface area contributed by atoms with Crippen molar-refractivity contribution in [2.24, 2.45) is 0 Å². The van der Waals surface area contributed by atoms with Gasteiger partial charge in [-0.2, -0.15) is 4.98 Å². The number of rotatable bonds is 7. The first kappa shape index (κ1) is 21.5. The van der Waals surface area contributed by atoms with Gasteiger partial charge in [0.05, 0.1) is 25.3 Å². The van der Waals surface area contributed by atoms with Gasteiger partial charge in [0, 0.05) is 31.4 Å². The highest BCUT2D eigenvalue weighted by molar-refractivity contribution is 5.89.